The highest BCUT2D eigenvalue weighted by Crippen LogP contribution is 2.36. The van der Waals surface area contributed by atoms with Crippen LogP contribution in [0, 0.1) is 0 Å². The number of carbonyl (C=O) groups is 3. The number of ketones is 1. The number of benzene rings is 2. The van der Waals surface area contributed by atoms with Gasteiger partial charge in [0.15, 0.2) is 11.2 Å². The van der Waals surface area contributed by atoms with Gasteiger partial charge in [0.25, 0.3) is 5.95 Å². The first-order valence-electron chi connectivity index (χ1n) is 15.9. The maximum absolute atomic E-state index is 12.4. The number of phenolic OH excluding ortho intramolecular Hbond substituents is 1. The molecule has 0 fully saturated rings. The van der Waals surface area contributed by atoms with Crippen LogP contribution < -0.4 is 14.9 Å². The molecular weight excluding hydrogens is 668 g/mol. The number of carboxylic acid groups (broad SMARTS) is 1. The number of aliphatic hydroxyl groups excluding tert-OH is 1. The Morgan fingerprint density at radius 1 is 1.02 bits per heavy atom. The summed E-state index contributed by atoms with van der Waals surface area (Å²) in [7, 11) is 1.22. The number of unbranched alkanes of at least 4 members (excludes halogenated alkanes) is 2. The number of rotatable bonds is 17. The van der Waals surface area contributed by atoms with E-state index >= 15 is 0 Å². The fourth-order valence-corrected chi connectivity index (χ4v) is 6.06. The number of hydrogen-bond acceptors (Lipinski definition) is 12. The van der Waals surface area contributed by atoms with Crippen molar-refractivity contribution in [2.45, 2.75) is 62.2 Å². The Balaban J connectivity index is 1.42. The second kappa shape index (κ2) is 17.9. The monoisotopic (exact) mass is 706 g/mol. The molecule has 2 heterocycles. The van der Waals surface area contributed by atoms with Crippen LogP contribution in [0.25, 0.3) is 11.0 Å². The van der Waals surface area contributed by atoms with Gasteiger partial charge in [0.05, 0.1) is 36.0 Å². The molecule has 0 bridgehead atoms. The Hall–Kier alpha value is -5.27. The van der Waals surface area contributed by atoms with Crippen molar-refractivity contribution in [2.24, 2.45) is 0 Å². The number of aromatic hydroxyl groups is 1. The van der Waals surface area contributed by atoms with E-state index in [1.165, 1.54) is 50.1 Å². The molecule has 12 nitrogen and oxygen atoms in total. The number of fused-ring (bicyclic) bond motifs is 1. The van der Waals surface area contributed by atoms with Gasteiger partial charge in [0.2, 0.25) is 5.76 Å². The van der Waals surface area contributed by atoms with Crippen molar-refractivity contribution in [3.63, 3.8) is 0 Å². The zero-order chi connectivity index (χ0) is 36.2. The molecule has 0 amide bonds. The molecule has 0 spiro atoms. The van der Waals surface area contributed by atoms with Gasteiger partial charge in [-0.15, -0.1) is 11.8 Å². The minimum absolute atomic E-state index is 0.0178. The van der Waals surface area contributed by atoms with Crippen molar-refractivity contribution in [1.29, 1.82) is 0 Å². The number of aliphatic hydroxyl groups is 1. The van der Waals surface area contributed by atoms with E-state index in [0.29, 0.717) is 29.2 Å². The average Bonchev–Trinajstić information content (AvgIpc) is 3.57. The van der Waals surface area contributed by atoms with E-state index in [1.807, 2.05) is 19.1 Å². The summed E-state index contributed by atoms with van der Waals surface area (Å²) in [5, 5.41) is 30.3. The predicted octanol–water partition coefficient (Wildman–Crippen LogP) is 7.65. The van der Waals surface area contributed by atoms with Gasteiger partial charge in [0, 0.05) is 10.5 Å². The summed E-state index contributed by atoms with van der Waals surface area (Å²) in [5.41, 5.74) is 0.537. The number of Topliss-reactive ketones (excluding diaryl/α,β-unsaturated/α-hetero) is 1. The van der Waals surface area contributed by atoms with Crippen molar-refractivity contribution in [2.75, 3.05) is 13.7 Å². The van der Waals surface area contributed by atoms with Crippen LogP contribution in [-0.4, -0.2) is 52.2 Å². The van der Waals surface area contributed by atoms with Crippen LogP contribution in [0.2, 0.25) is 0 Å². The minimum Gasteiger partial charge on any atom is -0.507 e. The Labute approximate surface area is 292 Å². The third-order valence-corrected chi connectivity index (χ3v) is 8.66. The summed E-state index contributed by atoms with van der Waals surface area (Å²) >= 11 is 1.22. The molecule has 0 saturated heterocycles. The molecule has 0 aliphatic carbocycles. The van der Waals surface area contributed by atoms with Crippen LogP contribution in [0.15, 0.2) is 91.4 Å². The molecule has 0 unspecified atom stereocenters. The lowest BCUT2D eigenvalue weighted by atomic mass is 10.0. The fourth-order valence-electron chi connectivity index (χ4n) is 5.00. The molecule has 50 heavy (non-hydrogen) atoms. The van der Waals surface area contributed by atoms with E-state index in [0.717, 1.165) is 31.7 Å². The maximum Gasteiger partial charge on any atom is 0.513 e. The summed E-state index contributed by atoms with van der Waals surface area (Å²) in [6.45, 7) is 3.85. The fraction of sp³-hybridized carbons (Fsp3) is 0.297. The predicted molar refractivity (Wildman–Crippen MR) is 186 cm³/mol. The van der Waals surface area contributed by atoms with Crippen LogP contribution in [-0.2, 0) is 11.2 Å². The lowest BCUT2D eigenvalue weighted by Gasteiger charge is -2.18. The number of ether oxygens (including phenoxy) is 3. The Kier molecular flexibility index (Phi) is 13.5. The summed E-state index contributed by atoms with van der Waals surface area (Å²) < 4.78 is 26.2. The topological polar surface area (TPSA) is 183 Å². The number of hydrogen-bond donors (Lipinski definition) is 3. The number of thioether (sulfide) groups is 1. The van der Waals surface area contributed by atoms with E-state index in [1.54, 1.807) is 30.4 Å². The molecule has 264 valence electrons. The zero-order valence-electron chi connectivity index (χ0n) is 27.7. The van der Waals surface area contributed by atoms with Crippen LogP contribution in [0.3, 0.4) is 0 Å². The summed E-state index contributed by atoms with van der Waals surface area (Å²) in [6, 6.07) is 11.9. The number of carbonyl (C=O) groups excluding carboxylic acids is 2. The molecule has 0 saturated carbocycles. The highest BCUT2D eigenvalue weighted by Gasteiger charge is 2.25. The number of methoxy groups -OCH3 is 1. The second-order valence-corrected chi connectivity index (χ2v) is 12.3. The quantitative estimate of drug-likeness (QED) is 0.0320. The third kappa shape index (κ3) is 9.89. The Bertz CT molecular complexity index is 1940. The van der Waals surface area contributed by atoms with Gasteiger partial charge in [-0.25, -0.2) is 9.59 Å². The standard InChI is InChI=1S/C37H38O12S/c1-4-11-26-28(16-15-24(22(2)38)34(26)40)46-19-10-8-6-5-7-9-12-32(35(41)29-17-18-30(47-29)36(42)45-3)50-23-13-14-25-27(39)21-33(49-37(43)44)48-31(25)20-23/h5,7,9,12-18,20-21,32,35,40-41H,4,6,8,10-11,19H2,1-3H3,(H,43,44)/b7-5-,12-9+/t32-,35+/m0/s1. The van der Waals surface area contributed by atoms with E-state index in [9.17, 15) is 29.4 Å². The van der Waals surface area contributed by atoms with Gasteiger partial charge < -0.3 is 38.4 Å². The molecule has 4 rings (SSSR count). The van der Waals surface area contributed by atoms with Crippen molar-refractivity contribution in [3.05, 3.63) is 106 Å². The lowest BCUT2D eigenvalue weighted by Crippen LogP contribution is -2.12. The van der Waals surface area contributed by atoms with Gasteiger partial charge in [-0.05, 0) is 75.1 Å². The molecule has 3 N–H and O–H groups in total. The SMILES string of the molecule is CCCc1c(OCCCC/C=C\C=C\[C@H](Sc2ccc3c(=O)cc(OC(=O)O)oc3c2)[C@H](O)c2ccc(C(=O)OC)o2)ccc(C(C)=O)c1O. The Morgan fingerprint density at radius 3 is 2.54 bits per heavy atom. The van der Waals surface area contributed by atoms with Crippen molar-refractivity contribution < 1.29 is 52.7 Å². The highest BCUT2D eigenvalue weighted by molar-refractivity contribution is 8.00. The van der Waals surface area contributed by atoms with Gasteiger partial charge in [-0.1, -0.05) is 37.6 Å². The smallest absolute Gasteiger partial charge is 0.507 e. The number of furan rings is 1. The first-order chi connectivity index (χ1) is 24.0. The second-order valence-electron chi connectivity index (χ2n) is 11.1. The molecular formula is C37H38O12S. The van der Waals surface area contributed by atoms with Gasteiger partial charge in [-0.2, -0.15) is 0 Å². The molecule has 13 heteroatoms. The van der Waals surface area contributed by atoms with Crippen molar-refractivity contribution >= 4 is 40.6 Å². The van der Waals surface area contributed by atoms with E-state index in [-0.39, 0.29) is 39.6 Å². The molecule has 2 atom stereocenters. The molecule has 0 radical (unpaired) electrons. The van der Waals surface area contributed by atoms with Gasteiger partial charge in [0.1, 0.15) is 28.9 Å². The highest BCUT2D eigenvalue weighted by atomic mass is 32.2. The van der Waals surface area contributed by atoms with Crippen LogP contribution in [0.5, 0.6) is 17.4 Å². The number of esters is 1. The van der Waals surface area contributed by atoms with Gasteiger partial charge in [-0.3, -0.25) is 9.59 Å². The zero-order valence-corrected chi connectivity index (χ0v) is 28.6. The van der Waals surface area contributed by atoms with E-state index in [4.69, 9.17) is 23.4 Å². The molecule has 4 aromatic rings. The minimum atomic E-state index is -1.63. The van der Waals surface area contributed by atoms with E-state index in [2.05, 4.69) is 4.74 Å². The summed E-state index contributed by atoms with van der Waals surface area (Å²) in [6.07, 6.45) is 8.23. The number of phenols is 1. The molecule has 0 aliphatic rings. The average molecular weight is 707 g/mol. The van der Waals surface area contributed by atoms with Crippen LogP contribution >= 0.6 is 11.8 Å². The summed E-state index contributed by atoms with van der Waals surface area (Å²) in [4.78, 5) is 47.7. The third-order valence-electron chi connectivity index (χ3n) is 7.44. The van der Waals surface area contributed by atoms with Crippen molar-refractivity contribution in [1.82, 2.24) is 0 Å². The maximum atomic E-state index is 12.4. The number of allylic oxidation sites excluding steroid dienone is 3. The molecule has 2 aromatic heterocycles. The lowest BCUT2D eigenvalue weighted by molar-refractivity contribution is 0.0555. The molecule has 0 aliphatic heterocycles. The molecule has 2 aromatic carbocycles. The van der Waals surface area contributed by atoms with E-state index < -0.39 is 34.9 Å². The first-order valence-corrected chi connectivity index (χ1v) is 16.7. The van der Waals surface area contributed by atoms with Crippen molar-refractivity contribution in [3.8, 4) is 17.4 Å². The normalized spacial score (nSPS) is 12.7. The largest absolute Gasteiger partial charge is 0.513 e. The van der Waals surface area contributed by atoms with Gasteiger partial charge >= 0.3 is 12.1 Å². The first kappa shape index (κ1) is 37.5. The summed E-state index contributed by atoms with van der Waals surface area (Å²) in [5.74, 6) is -0.738. The van der Waals surface area contributed by atoms with Crippen LogP contribution in [0.1, 0.15) is 77.9 Å². The van der Waals surface area contributed by atoms with Crippen LogP contribution in [0.4, 0.5) is 4.79 Å². The Morgan fingerprint density at radius 2 is 1.82 bits per heavy atom.